The number of benzene rings is 2. The van der Waals surface area contributed by atoms with E-state index in [-0.39, 0.29) is 11.9 Å². The number of amides is 1. The van der Waals surface area contributed by atoms with E-state index in [1.807, 2.05) is 24.3 Å². The van der Waals surface area contributed by atoms with Crippen LogP contribution in [0.3, 0.4) is 0 Å². The fraction of sp³-hybridized carbons (Fsp3) is 0.333. The van der Waals surface area contributed by atoms with Crippen molar-refractivity contribution in [2.45, 2.75) is 32.2 Å². The minimum atomic E-state index is -0.461. The highest BCUT2D eigenvalue weighted by Crippen LogP contribution is 2.23. The van der Waals surface area contributed by atoms with E-state index in [4.69, 9.17) is 9.47 Å². The van der Waals surface area contributed by atoms with Crippen molar-refractivity contribution in [2.24, 2.45) is 0 Å². The molecule has 0 spiro atoms. The second-order valence-corrected chi connectivity index (χ2v) is 6.01. The molecule has 0 fully saturated rings. The zero-order valence-corrected chi connectivity index (χ0v) is 15.5. The Bertz CT molecular complexity index is 740. The van der Waals surface area contributed by atoms with Crippen LogP contribution in [0.2, 0.25) is 0 Å². The Kier molecular flexibility index (Phi) is 7.21. The van der Waals surface area contributed by atoms with Crippen molar-refractivity contribution in [1.29, 1.82) is 0 Å². The van der Waals surface area contributed by atoms with Gasteiger partial charge in [0, 0.05) is 5.56 Å². The van der Waals surface area contributed by atoms with Gasteiger partial charge in [-0.25, -0.2) is 4.79 Å². The maximum atomic E-state index is 12.7. The van der Waals surface area contributed by atoms with Gasteiger partial charge in [-0.15, -0.1) is 0 Å². The first kappa shape index (κ1) is 19.5. The number of carbonyl (C=O) groups is 2. The normalized spacial score (nSPS) is 11.5. The Hall–Kier alpha value is -2.82. The molecule has 0 aliphatic carbocycles. The fourth-order valence-electron chi connectivity index (χ4n) is 2.71. The number of unbranched alkanes of at least 4 members (excludes halogenated alkanes) is 1. The number of ether oxygens (including phenoxy) is 2. The lowest BCUT2D eigenvalue weighted by Gasteiger charge is -2.19. The molecule has 1 unspecified atom stereocenters. The molecule has 0 heterocycles. The Morgan fingerprint density at radius 3 is 2.35 bits per heavy atom. The Labute approximate surface area is 154 Å². The maximum Gasteiger partial charge on any atom is 0.337 e. The molecule has 5 heteroatoms. The van der Waals surface area contributed by atoms with Crippen molar-refractivity contribution < 1.29 is 19.1 Å². The van der Waals surface area contributed by atoms with Crippen molar-refractivity contribution in [3.05, 3.63) is 65.2 Å². The summed E-state index contributed by atoms with van der Waals surface area (Å²) in [6.07, 6.45) is 2.88. The molecule has 26 heavy (non-hydrogen) atoms. The average Bonchev–Trinajstić information content (AvgIpc) is 2.70. The number of rotatable bonds is 8. The van der Waals surface area contributed by atoms with Crippen molar-refractivity contribution in [1.82, 2.24) is 5.32 Å². The van der Waals surface area contributed by atoms with Crippen molar-refractivity contribution >= 4 is 11.9 Å². The van der Waals surface area contributed by atoms with Crippen LogP contribution in [-0.2, 0) is 4.74 Å². The first-order valence-electron chi connectivity index (χ1n) is 8.72. The molecule has 0 bridgehead atoms. The smallest absolute Gasteiger partial charge is 0.337 e. The highest BCUT2D eigenvalue weighted by atomic mass is 16.5. The van der Waals surface area contributed by atoms with Gasteiger partial charge in [0.15, 0.2) is 0 Å². The number of esters is 1. The van der Waals surface area contributed by atoms with E-state index in [0.717, 1.165) is 30.6 Å². The van der Waals surface area contributed by atoms with E-state index in [9.17, 15) is 9.59 Å². The van der Waals surface area contributed by atoms with E-state index < -0.39 is 5.97 Å². The number of carbonyl (C=O) groups excluding carboxylic acids is 2. The largest absolute Gasteiger partial charge is 0.497 e. The molecule has 138 valence electrons. The van der Waals surface area contributed by atoms with Crippen LogP contribution in [0.4, 0.5) is 0 Å². The summed E-state index contributed by atoms with van der Waals surface area (Å²) < 4.78 is 9.91. The van der Waals surface area contributed by atoms with Crippen LogP contribution in [0, 0.1) is 0 Å². The number of hydrogen-bond acceptors (Lipinski definition) is 4. The topological polar surface area (TPSA) is 64.6 Å². The Morgan fingerprint density at radius 2 is 1.73 bits per heavy atom. The summed E-state index contributed by atoms with van der Waals surface area (Å²) in [6, 6.07) is 14.1. The van der Waals surface area contributed by atoms with Crippen LogP contribution in [0.5, 0.6) is 5.75 Å². The van der Waals surface area contributed by atoms with Crippen molar-refractivity contribution in [3.8, 4) is 5.75 Å². The lowest BCUT2D eigenvalue weighted by Crippen LogP contribution is -2.28. The fourth-order valence-corrected chi connectivity index (χ4v) is 2.71. The molecule has 2 rings (SSSR count). The van der Waals surface area contributed by atoms with E-state index in [2.05, 4.69) is 12.2 Å². The zero-order valence-electron chi connectivity index (χ0n) is 15.5. The summed E-state index contributed by atoms with van der Waals surface area (Å²) in [5.41, 5.74) is 1.81. The molecule has 1 atom stereocenters. The van der Waals surface area contributed by atoms with E-state index in [1.54, 1.807) is 31.4 Å². The van der Waals surface area contributed by atoms with E-state index >= 15 is 0 Å². The van der Waals surface area contributed by atoms with Crippen molar-refractivity contribution in [3.63, 3.8) is 0 Å². The van der Waals surface area contributed by atoms with Crippen LogP contribution in [0.25, 0.3) is 0 Å². The standard InChI is InChI=1S/C21H25NO4/c1-4-5-9-19(15-10-12-18(25-2)13-11-15)22-20(23)16-7-6-8-17(14-16)21(24)26-3/h6-8,10-14,19H,4-5,9H2,1-3H3,(H,22,23). The van der Waals surface area contributed by atoms with Gasteiger partial charge in [-0.2, -0.15) is 0 Å². The zero-order chi connectivity index (χ0) is 18.9. The first-order chi connectivity index (χ1) is 12.6. The van der Waals surface area contributed by atoms with E-state index in [0.29, 0.717) is 11.1 Å². The number of nitrogens with one attached hydrogen (secondary N) is 1. The minimum Gasteiger partial charge on any atom is -0.497 e. The van der Waals surface area contributed by atoms with Gasteiger partial charge in [0.2, 0.25) is 0 Å². The summed E-state index contributed by atoms with van der Waals surface area (Å²) in [7, 11) is 2.94. The minimum absolute atomic E-state index is 0.102. The summed E-state index contributed by atoms with van der Waals surface area (Å²) in [6.45, 7) is 2.12. The van der Waals surface area contributed by atoms with Crippen molar-refractivity contribution in [2.75, 3.05) is 14.2 Å². The molecule has 0 saturated heterocycles. The Morgan fingerprint density at radius 1 is 1.04 bits per heavy atom. The number of hydrogen-bond donors (Lipinski definition) is 1. The van der Waals surface area contributed by atoms with Gasteiger partial charge in [-0.1, -0.05) is 38.0 Å². The lowest BCUT2D eigenvalue weighted by molar-refractivity contribution is 0.0600. The molecular formula is C21H25NO4. The predicted molar refractivity (Wildman–Crippen MR) is 101 cm³/mol. The second-order valence-electron chi connectivity index (χ2n) is 6.01. The molecule has 5 nitrogen and oxygen atoms in total. The SMILES string of the molecule is CCCCC(NC(=O)c1cccc(C(=O)OC)c1)c1ccc(OC)cc1. The molecule has 0 aromatic heterocycles. The van der Waals surface area contributed by atoms with E-state index in [1.165, 1.54) is 7.11 Å². The first-order valence-corrected chi connectivity index (χ1v) is 8.72. The van der Waals surface area contributed by atoms with Gasteiger partial charge in [-0.3, -0.25) is 4.79 Å². The molecule has 1 amide bonds. The van der Waals surface area contributed by atoms with Gasteiger partial charge in [-0.05, 0) is 42.3 Å². The molecule has 0 saturated carbocycles. The summed E-state index contributed by atoms with van der Waals surface area (Å²) in [5, 5.41) is 3.07. The molecule has 2 aromatic carbocycles. The highest BCUT2D eigenvalue weighted by Gasteiger charge is 2.17. The maximum absolute atomic E-state index is 12.7. The van der Waals surface area contributed by atoms with Gasteiger partial charge >= 0.3 is 5.97 Å². The quantitative estimate of drug-likeness (QED) is 0.723. The molecule has 0 aliphatic rings. The summed E-state index contributed by atoms with van der Waals surface area (Å²) >= 11 is 0. The van der Waals surface area contributed by atoms with Crippen LogP contribution in [0.15, 0.2) is 48.5 Å². The third-order valence-corrected chi connectivity index (χ3v) is 4.22. The van der Waals surface area contributed by atoms with Gasteiger partial charge < -0.3 is 14.8 Å². The summed E-state index contributed by atoms with van der Waals surface area (Å²) in [4.78, 5) is 24.4. The molecule has 1 N–H and O–H groups in total. The van der Waals surface area contributed by atoms with Gasteiger partial charge in [0.05, 0.1) is 25.8 Å². The number of methoxy groups -OCH3 is 2. The van der Waals surface area contributed by atoms with Crippen LogP contribution < -0.4 is 10.1 Å². The second kappa shape index (κ2) is 9.61. The predicted octanol–water partition coefficient (Wildman–Crippen LogP) is 4.14. The molecule has 2 aromatic rings. The summed E-state index contributed by atoms with van der Waals surface area (Å²) in [5.74, 6) is 0.102. The monoisotopic (exact) mass is 355 g/mol. The highest BCUT2D eigenvalue weighted by molar-refractivity contribution is 5.98. The molecule has 0 radical (unpaired) electrons. The molecular weight excluding hydrogens is 330 g/mol. The molecule has 0 aliphatic heterocycles. The Balaban J connectivity index is 2.18. The van der Waals surface area contributed by atoms with Gasteiger partial charge in [0.25, 0.3) is 5.91 Å². The third-order valence-electron chi connectivity index (χ3n) is 4.22. The average molecular weight is 355 g/mol. The van der Waals surface area contributed by atoms with Crippen LogP contribution in [0.1, 0.15) is 58.5 Å². The third kappa shape index (κ3) is 5.09. The van der Waals surface area contributed by atoms with Crippen LogP contribution >= 0.6 is 0 Å². The van der Waals surface area contributed by atoms with Crippen LogP contribution in [-0.4, -0.2) is 26.1 Å². The lowest BCUT2D eigenvalue weighted by atomic mass is 10.00. The van der Waals surface area contributed by atoms with Gasteiger partial charge in [0.1, 0.15) is 5.75 Å².